The first kappa shape index (κ1) is 35.7. The van der Waals surface area contributed by atoms with Gasteiger partial charge in [-0.3, -0.25) is 0 Å². The standard InChI is InChI=1S/C28H54O12/c1-2-3-4-5-6-7-8-9-10-11-12-13-14-36-15-16-37-27-25(35)23(33)26(20(18-30)39-27)40-28-24(34)22(32)21(31)19(17-29)38-28/h19-35H,2-18H2,1H3/t19-,20-,21-,22+,23-,24-,25-,26-,27-,28-/m1/s1. The lowest BCUT2D eigenvalue weighted by Crippen LogP contribution is -2.64. The highest BCUT2D eigenvalue weighted by Crippen LogP contribution is 2.29. The highest BCUT2D eigenvalue weighted by molar-refractivity contribution is 4.94. The van der Waals surface area contributed by atoms with Gasteiger partial charge in [-0.2, -0.15) is 0 Å². The van der Waals surface area contributed by atoms with Crippen LogP contribution in [-0.2, 0) is 23.7 Å². The first-order valence-electron chi connectivity index (χ1n) is 15.1. The van der Waals surface area contributed by atoms with Crippen molar-refractivity contribution in [1.82, 2.24) is 0 Å². The molecule has 2 aliphatic heterocycles. The van der Waals surface area contributed by atoms with Crippen LogP contribution >= 0.6 is 0 Å². The number of aliphatic hydroxyl groups excluding tert-OH is 7. The average molecular weight is 583 g/mol. The van der Waals surface area contributed by atoms with Crippen LogP contribution in [-0.4, -0.2) is 130 Å². The molecule has 2 aliphatic rings. The summed E-state index contributed by atoms with van der Waals surface area (Å²) >= 11 is 0. The second-order valence-electron chi connectivity index (χ2n) is 10.9. The molecule has 12 heteroatoms. The molecule has 0 radical (unpaired) electrons. The molecule has 0 spiro atoms. The Labute approximate surface area is 238 Å². The zero-order chi connectivity index (χ0) is 29.3. The van der Waals surface area contributed by atoms with Gasteiger partial charge in [0.05, 0.1) is 26.4 Å². The van der Waals surface area contributed by atoms with Crippen molar-refractivity contribution >= 4 is 0 Å². The number of unbranched alkanes of at least 4 members (excludes halogenated alkanes) is 11. The second kappa shape index (κ2) is 20.4. The lowest BCUT2D eigenvalue weighted by Gasteiger charge is -2.45. The normalized spacial score (nSPS) is 34.8. The van der Waals surface area contributed by atoms with Gasteiger partial charge in [-0.1, -0.05) is 77.6 Å². The fraction of sp³-hybridized carbons (Fsp3) is 1.00. The highest BCUT2D eigenvalue weighted by atomic mass is 16.7. The summed E-state index contributed by atoms with van der Waals surface area (Å²) < 4.78 is 27.5. The summed E-state index contributed by atoms with van der Waals surface area (Å²) in [5, 5.41) is 70.3. The molecule has 0 aliphatic carbocycles. The maximum absolute atomic E-state index is 10.6. The number of hydrogen-bond donors (Lipinski definition) is 7. The van der Waals surface area contributed by atoms with Crippen LogP contribution < -0.4 is 0 Å². The fourth-order valence-corrected chi connectivity index (χ4v) is 5.06. The smallest absolute Gasteiger partial charge is 0.187 e. The topological polar surface area (TPSA) is 188 Å². The SMILES string of the molecule is CCCCCCCCCCCCCCOCCO[C@@H]1O[C@H](CO)[C@@H](O[C@H]2O[C@H](CO)[C@@H](O)[C@H](O)[C@H]2O)[C@H](O)[C@H]1O. The molecule has 40 heavy (non-hydrogen) atoms. The molecule has 2 rings (SSSR count). The molecule has 0 amide bonds. The minimum Gasteiger partial charge on any atom is -0.394 e. The Morgan fingerprint density at radius 2 is 1.05 bits per heavy atom. The summed E-state index contributed by atoms with van der Waals surface area (Å²) in [5.74, 6) is 0. The Morgan fingerprint density at radius 3 is 1.62 bits per heavy atom. The summed E-state index contributed by atoms with van der Waals surface area (Å²) in [6.07, 6.45) is 0.562. The van der Waals surface area contributed by atoms with Crippen molar-refractivity contribution in [3.63, 3.8) is 0 Å². The molecule has 0 aromatic carbocycles. The number of aliphatic hydroxyl groups is 7. The van der Waals surface area contributed by atoms with Gasteiger partial charge >= 0.3 is 0 Å². The van der Waals surface area contributed by atoms with E-state index < -0.39 is 74.6 Å². The van der Waals surface area contributed by atoms with E-state index in [-0.39, 0.29) is 13.2 Å². The van der Waals surface area contributed by atoms with Crippen molar-refractivity contribution in [2.24, 2.45) is 0 Å². The summed E-state index contributed by atoms with van der Waals surface area (Å²) in [6, 6.07) is 0. The van der Waals surface area contributed by atoms with Crippen LogP contribution in [0.15, 0.2) is 0 Å². The quantitative estimate of drug-likeness (QED) is 0.0922. The Kier molecular flexibility index (Phi) is 18.2. The fourth-order valence-electron chi connectivity index (χ4n) is 5.06. The molecular formula is C28H54O12. The van der Waals surface area contributed by atoms with Crippen LogP contribution in [0.4, 0.5) is 0 Å². The molecule has 0 unspecified atom stereocenters. The van der Waals surface area contributed by atoms with E-state index in [1.54, 1.807) is 0 Å². The molecular weight excluding hydrogens is 528 g/mol. The van der Waals surface area contributed by atoms with Gasteiger partial charge in [0.2, 0.25) is 0 Å². The maximum Gasteiger partial charge on any atom is 0.187 e. The molecule has 0 bridgehead atoms. The van der Waals surface area contributed by atoms with E-state index in [1.807, 2.05) is 0 Å². The molecule has 238 valence electrons. The van der Waals surface area contributed by atoms with Crippen molar-refractivity contribution in [2.45, 2.75) is 145 Å². The van der Waals surface area contributed by atoms with Crippen molar-refractivity contribution in [1.29, 1.82) is 0 Å². The minimum absolute atomic E-state index is 0.100. The van der Waals surface area contributed by atoms with E-state index in [2.05, 4.69) is 6.92 Å². The lowest BCUT2D eigenvalue weighted by atomic mass is 9.97. The van der Waals surface area contributed by atoms with E-state index in [0.29, 0.717) is 6.61 Å². The molecule has 12 nitrogen and oxygen atoms in total. The van der Waals surface area contributed by atoms with Crippen LogP contribution in [0.2, 0.25) is 0 Å². The van der Waals surface area contributed by atoms with Crippen molar-refractivity contribution < 1.29 is 59.4 Å². The molecule has 0 aromatic rings. The van der Waals surface area contributed by atoms with Crippen molar-refractivity contribution in [3.05, 3.63) is 0 Å². The van der Waals surface area contributed by atoms with Crippen LogP contribution in [0.3, 0.4) is 0 Å². The van der Waals surface area contributed by atoms with E-state index >= 15 is 0 Å². The maximum atomic E-state index is 10.6. The highest BCUT2D eigenvalue weighted by Gasteiger charge is 2.50. The van der Waals surface area contributed by atoms with Gasteiger partial charge in [-0.25, -0.2) is 0 Å². The largest absolute Gasteiger partial charge is 0.394 e. The lowest BCUT2D eigenvalue weighted by molar-refractivity contribution is -0.359. The second-order valence-corrected chi connectivity index (χ2v) is 10.9. The molecule has 2 fully saturated rings. The third kappa shape index (κ3) is 11.7. The molecule has 2 saturated heterocycles. The predicted molar refractivity (Wildman–Crippen MR) is 144 cm³/mol. The summed E-state index contributed by atoms with van der Waals surface area (Å²) in [5.41, 5.74) is 0. The van der Waals surface area contributed by atoms with Gasteiger partial charge in [0.1, 0.15) is 48.8 Å². The third-order valence-electron chi connectivity index (χ3n) is 7.61. The van der Waals surface area contributed by atoms with Gasteiger partial charge in [0.15, 0.2) is 12.6 Å². The first-order chi connectivity index (χ1) is 19.3. The third-order valence-corrected chi connectivity index (χ3v) is 7.61. The average Bonchev–Trinajstić information content (AvgIpc) is 2.96. The molecule has 2 heterocycles. The van der Waals surface area contributed by atoms with E-state index in [9.17, 15) is 35.7 Å². The van der Waals surface area contributed by atoms with E-state index in [4.69, 9.17) is 23.7 Å². The zero-order valence-corrected chi connectivity index (χ0v) is 24.0. The Morgan fingerprint density at radius 1 is 0.525 bits per heavy atom. The van der Waals surface area contributed by atoms with Crippen LogP contribution in [0.1, 0.15) is 84.0 Å². The van der Waals surface area contributed by atoms with Crippen molar-refractivity contribution in [3.8, 4) is 0 Å². The van der Waals surface area contributed by atoms with Crippen molar-refractivity contribution in [2.75, 3.05) is 33.0 Å². The zero-order valence-electron chi connectivity index (χ0n) is 24.0. The van der Waals surface area contributed by atoms with Gasteiger partial charge in [-0.15, -0.1) is 0 Å². The molecule has 0 aromatic heterocycles. The van der Waals surface area contributed by atoms with E-state index in [1.165, 1.54) is 64.2 Å². The van der Waals surface area contributed by atoms with Gasteiger partial charge < -0.3 is 59.4 Å². The number of ether oxygens (including phenoxy) is 5. The molecule has 10 atom stereocenters. The Bertz CT molecular complexity index is 624. The Hall–Kier alpha value is -0.480. The van der Waals surface area contributed by atoms with Crippen LogP contribution in [0.25, 0.3) is 0 Å². The summed E-state index contributed by atoms with van der Waals surface area (Å²) in [7, 11) is 0. The Balaban J connectivity index is 1.59. The molecule has 7 N–H and O–H groups in total. The van der Waals surface area contributed by atoms with E-state index in [0.717, 1.165) is 12.8 Å². The van der Waals surface area contributed by atoms with Gasteiger partial charge in [0.25, 0.3) is 0 Å². The molecule has 0 saturated carbocycles. The number of rotatable bonds is 21. The monoisotopic (exact) mass is 582 g/mol. The minimum atomic E-state index is -1.71. The first-order valence-corrected chi connectivity index (χ1v) is 15.1. The summed E-state index contributed by atoms with van der Waals surface area (Å²) in [4.78, 5) is 0. The van der Waals surface area contributed by atoms with Gasteiger partial charge in [-0.05, 0) is 6.42 Å². The van der Waals surface area contributed by atoms with Gasteiger partial charge in [0, 0.05) is 6.61 Å². The number of hydrogen-bond acceptors (Lipinski definition) is 12. The van der Waals surface area contributed by atoms with Crippen LogP contribution in [0, 0.1) is 0 Å². The predicted octanol–water partition coefficient (Wildman–Crippen LogP) is 0.345. The summed E-state index contributed by atoms with van der Waals surface area (Å²) in [6.45, 7) is 1.95. The van der Waals surface area contributed by atoms with Crippen LogP contribution in [0.5, 0.6) is 0 Å².